The third-order valence-electron chi connectivity index (χ3n) is 4.81. The van der Waals surface area contributed by atoms with Gasteiger partial charge in [0.15, 0.2) is 0 Å². The molecular formula is C19H27N5. The zero-order valence-corrected chi connectivity index (χ0v) is 14.9. The second-order valence-corrected chi connectivity index (χ2v) is 6.51. The number of anilines is 1. The summed E-state index contributed by atoms with van der Waals surface area (Å²) in [6.07, 6.45) is 5.71. The van der Waals surface area contributed by atoms with E-state index in [2.05, 4.69) is 38.2 Å². The highest BCUT2D eigenvalue weighted by atomic mass is 15.2. The predicted molar refractivity (Wildman–Crippen MR) is 98.1 cm³/mol. The van der Waals surface area contributed by atoms with Crippen molar-refractivity contribution >= 4 is 5.95 Å². The normalized spacial score (nSPS) is 18.5. The molecule has 0 saturated carbocycles. The van der Waals surface area contributed by atoms with Crippen LogP contribution in [0.4, 0.5) is 5.95 Å². The standard InChI is InChI=1S/C19H27N5/c1-4-24-12-6-5-7-16(24)13-21-19-20-11-10-18(23-19)17-9-8-14(2)22-15(17)3/h8-11,16H,4-7,12-13H2,1-3H3,(H,20,21,23). The van der Waals surface area contributed by atoms with Crippen LogP contribution in [0.5, 0.6) is 0 Å². The van der Waals surface area contributed by atoms with Gasteiger partial charge in [0.1, 0.15) is 0 Å². The van der Waals surface area contributed by atoms with Crippen LogP contribution in [0.1, 0.15) is 37.6 Å². The number of hydrogen-bond acceptors (Lipinski definition) is 5. The van der Waals surface area contributed by atoms with Crippen LogP contribution in [0, 0.1) is 13.8 Å². The number of piperidine rings is 1. The molecule has 1 unspecified atom stereocenters. The zero-order valence-electron chi connectivity index (χ0n) is 14.9. The predicted octanol–water partition coefficient (Wildman–Crippen LogP) is 3.44. The highest BCUT2D eigenvalue weighted by Gasteiger charge is 2.20. The van der Waals surface area contributed by atoms with E-state index in [-0.39, 0.29) is 0 Å². The number of aromatic nitrogens is 3. The third-order valence-corrected chi connectivity index (χ3v) is 4.81. The van der Waals surface area contributed by atoms with Crippen LogP contribution in [0.3, 0.4) is 0 Å². The number of likely N-dealkylation sites (N-methyl/N-ethyl adjacent to an activating group) is 1. The molecule has 24 heavy (non-hydrogen) atoms. The van der Waals surface area contributed by atoms with E-state index in [0.29, 0.717) is 12.0 Å². The molecule has 1 aliphatic heterocycles. The molecule has 0 spiro atoms. The first kappa shape index (κ1) is 16.8. The number of likely N-dealkylation sites (tertiary alicyclic amines) is 1. The molecule has 5 nitrogen and oxygen atoms in total. The summed E-state index contributed by atoms with van der Waals surface area (Å²) >= 11 is 0. The number of pyridine rings is 1. The molecule has 3 heterocycles. The second kappa shape index (κ2) is 7.71. The Bertz CT molecular complexity index is 685. The number of rotatable bonds is 5. The number of aryl methyl sites for hydroxylation is 2. The molecule has 0 amide bonds. The Morgan fingerprint density at radius 3 is 2.83 bits per heavy atom. The summed E-state index contributed by atoms with van der Waals surface area (Å²) in [5.74, 6) is 0.703. The van der Waals surface area contributed by atoms with Crippen LogP contribution in [0.2, 0.25) is 0 Å². The van der Waals surface area contributed by atoms with E-state index >= 15 is 0 Å². The molecule has 3 rings (SSSR count). The summed E-state index contributed by atoms with van der Waals surface area (Å²) in [5, 5.41) is 3.44. The Balaban J connectivity index is 1.71. The molecule has 0 aromatic carbocycles. The molecular weight excluding hydrogens is 298 g/mol. The van der Waals surface area contributed by atoms with Gasteiger partial charge in [-0.05, 0) is 58.0 Å². The van der Waals surface area contributed by atoms with E-state index in [4.69, 9.17) is 0 Å². The fourth-order valence-corrected chi connectivity index (χ4v) is 3.47. The van der Waals surface area contributed by atoms with E-state index in [1.807, 2.05) is 32.2 Å². The van der Waals surface area contributed by atoms with Crippen LogP contribution in [-0.4, -0.2) is 45.5 Å². The van der Waals surface area contributed by atoms with Crippen molar-refractivity contribution in [1.29, 1.82) is 0 Å². The Labute approximate surface area is 144 Å². The van der Waals surface area contributed by atoms with E-state index in [1.54, 1.807) is 0 Å². The molecule has 0 bridgehead atoms. The summed E-state index contributed by atoms with van der Waals surface area (Å²) in [4.78, 5) is 16.2. The molecule has 128 valence electrons. The Morgan fingerprint density at radius 1 is 1.17 bits per heavy atom. The summed E-state index contributed by atoms with van der Waals surface area (Å²) < 4.78 is 0. The van der Waals surface area contributed by atoms with Crippen molar-refractivity contribution in [3.8, 4) is 11.3 Å². The van der Waals surface area contributed by atoms with Crippen molar-refractivity contribution in [3.05, 3.63) is 35.8 Å². The Kier molecular flexibility index (Phi) is 5.41. The highest BCUT2D eigenvalue weighted by Crippen LogP contribution is 2.21. The minimum atomic E-state index is 0.582. The maximum absolute atomic E-state index is 4.69. The second-order valence-electron chi connectivity index (χ2n) is 6.51. The molecule has 1 N–H and O–H groups in total. The smallest absolute Gasteiger partial charge is 0.223 e. The van der Waals surface area contributed by atoms with Crippen molar-refractivity contribution in [1.82, 2.24) is 19.9 Å². The summed E-state index contributed by atoms with van der Waals surface area (Å²) in [6, 6.07) is 6.64. The molecule has 2 aromatic rings. The van der Waals surface area contributed by atoms with E-state index in [9.17, 15) is 0 Å². The van der Waals surface area contributed by atoms with Gasteiger partial charge in [-0.2, -0.15) is 0 Å². The molecule has 1 atom stereocenters. The van der Waals surface area contributed by atoms with Crippen LogP contribution in [0.25, 0.3) is 11.3 Å². The van der Waals surface area contributed by atoms with Crippen LogP contribution >= 0.6 is 0 Å². The maximum Gasteiger partial charge on any atom is 0.223 e. The van der Waals surface area contributed by atoms with E-state index in [1.165, 1.54) is 25.8 Å². The Morgan fingerprint density at radius 2 is 2.04 bits per heavy atom. The molecule has 0 radical (unpaired) electrons. The summed E-state index contributed by atoms with van der Waals surface area (Å²) in [5.41, 5.74) is 4.03. The lowest BCUT2D eigenvalue weighted by atomic mass is 10.0. The SMILES string of the molecule is CCN1CCCCC1CNc1nccc(-c2ccc(C)nc2C)n1. The van der Waals surface area contributed by atoms with Crippen LogP contribution in [-0.2, 0) is 0 Å². The van der Waals surface area contributed by atoms with Gasteiger partial charge in [0.05, 0.1) is 5.69 Å². The van der Waals surface area contributed by atoms with Gasteiger partial charge in [-0.15, -0.1) is 0 Å². The van der Waals surface area contributed by atoms with Crippen LogP contribution < -0.4 is 5.32 Å². The third kappa shape index (κ3) is 3.90. The van der Waals surface area contributed by atoms with Crippen molar-refractivity contribution in [2.24, 2.45) is 0 Å². The molecule has 2 aromatic heterocycles. The maximum atomic E-state index is 4.69. The number of nitrogens with zero attached hydrogens (tertiary/aromatic N) is 4. The monoisotopic (exact) mass is 325 g/mol. The first-order chi connectivity index (χ1) is 11.7. The van der Waals surface area contributed by atoms with Gasteiger partial charge >= 0.3 is 0 Å². The summed E-state index contributed by atoms with van der Waals surface area (Å²) in [7, 11) is 0. The largest absolute Gasteiger partial charge is 0.353 e. The van der Waals surface area contributed by atoms with Gasteiger partial charge in [0.25, 0.3) is 0 Å². The van der Waals surface area contributed by atoms with E-state index < -0.39 is 0 Å². The quantitative estimate of drug-likeness (QED) is 0.912. The fraction of sp³-hybridized carbons (Fsp3) is 0.526. The molecule has 0 aliphatic carbocycles. The molecule has 1 saturated heterocycles. The lowest BCUT2D eigenvalue weighted by Gasteiger charge is -2.34. The fourth-order valence-electron chi connectivity index (χ4n) is 3.47. The zero-order chi connectivity index (χ0) is 16.9. The van der Waals surface area contributed by atoms with Crippen LogP contribution in [0.15, 0.2) is 24.4 Å². The van der Waals surface area contributed by atoms with Crippen molar-refractivity contribution in [2.45, 2.75) is 46.1 Å². The topological polar surface area (TPSA) is 53.9 Å². The first-order valence-electron chi connectivity index (χ1n) is 8.93. The van der Waals surface area contributed by atoms with E-state index in [0.717, 1.165) is 35.7 Å². The van der Waals surface area contributed by atoms with Gasteiger partial charge < -0.3 is 5.32 Å². The number of nitrogens with one attached hydrogen (secondary N) is 1. The molecule has 1 aliphatic rings. The lowest BCUT2D eigenvalue weighted by Crippen LogP contribution is -2.43. The molecule has 5 heteroatoms. The average molecular weight is 325 g/mol. The first-order valence-corrected chi connectivity index (χ1v) is 8.93. The average Bonchev–Trinajstić information content (AvgIpc) is 2.60. The van der Waals surface area contributed by atoms with Crippen molar-refractivity contribution < 1.29 is 0 Å². The Hall–Kier alpha value is -2.01. The summed E-state index contributed by atoms with van der Waals surface area (Å²) in [6.45, 7) is 9.50. The van der Waals surface area contributed by atoms with Gasteiger partial charge in [0.2, 0.25) is 5.95 Å². The van der Waals surface area contributed by atoms with Gasteiger partial charge in [-0.1, -0.05) is 13.3 Å². The van der Waals surface area contributed by atoms with Gasteiger partial charge in [0, 0.05) is 35.7 Å². The number of hydrogen-bond donors (Lipinski definition) is 1. The van der Waals surface area contributed by atoms with Gasteiger partial charge in [-0.25, -0.2) is 9.97 Å². The van der Waals surface area contributed by atoms with Crippen molar-refractivity contribution in [3.63, 3.8) is 0 Å². The minimum absolute atomic E-state index is 0.582. The minimum Gasteiger partial charge on any atom is -0.353 e. The highest BCUT2D eigenvalue weighted by molar-refractivity contribution is 5.62. The van der Waals surface area contributed by atoms with Gasteiger partial charge in [-0.3, -0.25) is 9.88 Å². The lowest BCUT2D eigenvalue weighted by molar-refractivity contribution is 0.164. The molecule has 1 fully saturated rings. The van der Waals surface area contributed by atoms with Crippen molar-refractivity contribution in [2.75, 3.05) is 25.0 Å².